The van der Waals surface area contributed by atoms with Crippen molar-refractivity contribution < 1.29 is 9.64 Å². The number of tetrazole rings is 1. The molecule has 1 N–H and O–H groups in total. The molecule has 1 aromatic heterocycles. The Labute approximate surface area is 161 Å². The van der Waals surface area contributed by atoms with Gasteiger partial charge in [-0.3, -0.25) is 0 Å². The number of benzene rings is 2. The molecule has 6 nitrogen and oxygen atoms in total. The zero-order valence-corrected chi connectivity index (χ0v) is 15.5. The fraction of sp³-hybridized carbons (Fsp3) is 0.278. The van der Waals surface area contributed by atoms with Gasteiger partial charge in [0.1, 0.15) is 13.1 Å². The first kappa shape index (κ1) is 17.4. The lowest BCUT2D eigenvalue weighted by molar-refractivity contribution is -0.933. The molecule has 2 aromatic carbocycles. The van der Waals surface area contributed by atoms with Gasteiger partial charge in [-0.2, -0.15) is 4.68 Å². The Bertz CT molecular complexity index is 895. The van der Waals surface area contributed by atoms with Crippen molar-refractivity contribution in [2.24, 2.45) is 0 Å². The summed E-state index contributed by atoms with van der Waals surface area (Å²) in [6.45, 7) is 3.13. The van der Waals surface area contributed by atoms with E-state index in [-0.39, 0.29) is 6.04 Å². The van der Waals surface area contributed by atoms with Crippen LogP contribution in [0.5, 0.6) is 0 Å². The van der Waals surface area contributed by atoms with Crippen molar-refractivity contribution in [2.75, 3.05) is 26.3 Å². The van der Waals surface area contributed by atoms with Crippen molar-refractivity contribution in [3.8, 4) is 5.69 Å². The van der Waals surface area contributed by atoms with Crippen molar-refractivity contribution >= 4 is 23.2 Å². The van der Waals surface area contributed by atoms with Crippen LogP contribution in [0.15, 0.2) is 48.5 Å². The minimum absolute atomic E-state index is 0.0958. The number of morpholine rings is 1. The lowest BCUT2D eigenvalue weighted by atomic mass is 10.0. The maximum atomic E-state index is 6.54. The van der Waals surface area contributed by atoms with E-state index in [0.29, 0.717) is 23.3 Å². The van der Waals surface area contributed by atoms with Crippen LogP contribution in [0.1, 0.15) is 17.4 Å². The SMILES string of the molecule is Clc1cccc(-n2nnnc2[C@H](c2ccccc2Cl)[NH+]2CCOCC2)c1. The van der Waals surface area contributed by atoms with Crippen LogP contribution in [0, 0.1) is 0 Å². The average molecular weight is 391 g/mol. The van der Waals surface area contributed by atoms with E-state index in [0.717, 1.165) is 30.2 Å². The first-order valence-corrected chi connectivity index (χ1v) is 9.20. The summed E-state index contributed by atoms with van der Waals surface area (Å²) in [7, 11) is 0. The third kappa shape index (κ3) is 3.46. The van der Waals surface area contributed by atoms with Gasteiger partial charge in [-0.15, -0.1) is 5.10 Å². The summed E-state index contributed by atoms with van der Waals surface area (Å²) in [6.07, 6.45) is 0. The van der Waals surface area contributed by atoms with E-state index in [4.69, 9.17) is 27.9 Å². The normalized spacial score (nSPS) is 16.5. The first-order chi connectivity index (χ1) is 12.7. The molecule has 1 aliphatic rings. The fourth-order valence-electron chi connectivity index (χ4n) is 3.34. The van der Waals surface area contributed by atoms with Crippen LogP contribution in [0.25, 0.3) is 5.69 Å². The summed E-state index contributed by atoms with van der Waals surface area (Å²) in [5, 5.41) is 13.8. The second-order valence-electron chi connectivity index (χ2n) is 6.15. The topological polar surface area (TPSA) is 57.3 Å². The number of aromatic nitrogens is 4. The minimum Gasteiger partial charge on any atom is -0.370 e. The molecule has 8 heteroatoms. The van der Waals surface area contributed by atoms with Crippen molar-refractivity contribution in [2.45, 2.75) is 6.04 Å². The van der Waals surface area contributed by atoms with Crippen LogP contribution in [-0.4, -0.2) is 46.5 Å². The maximum absolute atomic E-state index is 6.54. The Morgan fingerprint density at radius 2 is 1.85 bits per heavy atom. The number of rotatable bonds is 4. The number of hydrogen-bond donors (Lipinski definition) is 1. The summed E-state index contributed by atoms with van der Waals surface area (Å²) in [4.78, 5) is 1.32. The molecule has 0 unspecified atom stereocenters. The molecule has 26 heavy (non-hydrogen) atoms. The first-order valence-electron chi connectivity index (χ1n) is 8.45. The molecular weight excluding hydrogens is 373 g/mol. The predicted molar refractivity (Wildman–Crippen MR) is 99.0 cm³/mol. The minimum atomic E-state index is -0.0958. The van der Waals surface area contributed by atoms with Crippen molar-refractivity contribution in [3.63, 3.8) is 0 Å². The van der Waals surface area contributed by atoms with E-state index >= 15 is 0 Å². The Morgan fingerprint density at radius 1 is 1.04 bits per heavy atom. The average Bonchev–Trinajstić information content (AvgIpc) is 3.14. The highest BCUT2D eigenvalue weighted by Crippen LogP contribution is 2.26. The van der Waals surface area contributed by atoms with E-state index < -0.39 is 0 Å². The second-order valence-corrected chi connectivity index (χ2v) is 7.00. The van der Waals surface area contributed by atoms with Gasteiger partial charge in [0, 0.05) is 10.6 Å². The van der Waals surface area contributed by atoms with Crippen molar-refractivity contribution in [1.29, 1.82) is 0 Å². The Kier molecular flexibility index (Phi) is 5.17. The summed E-state index contributed by atoms with van der Waals surface area (Å²) in [6, 6.07) is 15.2. The van der Waals surface area contributed by atoms with E-state index in [1.165, 1.54) is 4.90 Å². The van der Waals surface area contributed by atoms with Gasteiger partial charge >= 0.3 is 0 Å². The molecular formula is C18H18Cl2N5O+. The van der Waals surface area contributed by atoms with Crippen LogP contribution in [0.4, 0.5) is 0 Å². The van der Waals surface area contributed by atoms with Crippen LogP contribution in [-0.2, 0) is 4.74 Å². The number of quaternary nitrogens is 1. The van der Waals surface area contributed by atoms with Gasteiger partial charge in [-0.1, -0.05) is 47.5 Å². The smallest absolute Gasteiger partial charge is 0.219 e. The van der Waals surface area contributed by atoms with Gasteiger partial charge in [0.25, 0.3) is 0 Å². The van der Waals surface area contributed by atoms with Crippen molar-refractivity contribution in [3.05, 3.63) is 70.0 Å². The molecule has 0 aliphatic carbocycles. The van der Waals surface area contributed by atoms with Gasteiger partial charge < -0.3 is 9.64 Å². The van der Waals surface area contributed by atoms with Crippen LogP contribution in [0.3, 0.4) is 0 Å². The summed E-state index contributed by atoms with van der Waals surface area (Å²) in [5.74, 6) is 0.734. The molecule has 1 saturated heterocycles. The van der Waals surface area contributed by atoms with Gasteiger partial charge in [-0.05, 0) is 34.7 Å². The Morgan fingerprint density at radius 3 is 2.62 bits per heavy atom. The molecule has 0 spiro atoms. The Balaban J connectivity index is 1.83. The van der Waals surface area contributed by atoms with E-state index in [2.05, 4.69) is 15.5 Å². The van der Waals surface area contributed by atoms with Crippen LogP contribution >= 0.6 is 23.2 Å². The molecule has 0 saturated carbocycles. The molecule has 3 aromatic rings. The molecule has 0 amide bonds. The van der Waals surface area contributed by atoms with Gasteiger partial charge in [-0.25, -0.2) is 0 Å². The molecule has 134 valence electrons. The lowest BCUT2D eigenvalue weighted by Gasteiger charge is -2.31. The number of halogens is 2. The standard InChI is InChI=1S/C18H17Cl2N5O/c19-13-4-3-5-14(12-13)25-18(21-22-23-25)17(24-8-10-26-11-9-24)15-6-1-2-7-16(15)20/h1-7,12,17H,8-11H2/p+1/t17-/m0/s1. The van der Waals surface area contributed by atoms with E-state index in [1.54, 1.807) is 4.68 Å². The van der Waals surface area contributed by atoms with Crippen LogP contribution < -0.4 is 4.90 Å². The van der Waals surface area contributed by atoms with Gasteiger partial charge in [0.05, 0.1) is 23.9 Å². The highest BCUT2D eigenvalue weighted by Gasteiger charge is 2.34. The largest absolute Gasteiger partial charge is 0.370 e. The van der Waals surface area contributed by atoms with Gasteiger partial charge in [0.15, 0.2) is 6.04 Å². The van der Waals surface area contributed by atoms with E-state index in [1.807, 2.05) is 48.5 Å². The predicted octanol–water partition coefficient (Wildman–Crippen LogP) is 1.97. The molecule has 0 radical (unpaired) electrons. The molecule has 4 rings (SSSR count). The third-order valence-corrected chi connectivity index (χ3v) is 5.14. The molecule has 0 bridgehead atoms. The maximum Gasteiger partial charge on any atom is 0.219 e. The van der Waals surface area contributed by atoms with Crippen LogP contribution in [0.2, 0.25) is 10.0 Å². The Hall–Kier alpha value is -1.99. The highest BCUT2D eigenvalue weighted by molar-refractivity contribution is 6.31. The monoisotopic (exact) mass is 390 g/mol. The van der Waals surface area contributed by atoms with E-state index in [9.17, 15) is 0 Å². The zero-order chi connectivity index (χ0) is 17.9. The zero-order valence-electron chi connectivity index (χ0n) is 14.0. The highest BCUT2D eigenvalue weighted by atomic mass is 35.5. The summed E-state index contributed by atoms with van der Waals surface area (Å²) in [5.41, 5.74) is 1.83. The lowest BCUT2D eigenvalue weighted by Crippen LogP contribution is -3.14. The fourth-order valence-corrected chi connectivity index (χ4v) is 3.77. The quantitative estimate of drug-likeness (QED) is 0.739. The molecule has 1 aliphatic heterocycles. The van der Waals surface area contributed by atoms with Gasteiger partial charge in [0.2, 0.25) is 5.82 Å². The molecule has 1 fully saturated rings. The molecule has 1 atom stereocenters. The summed E-state index contributed by atoms with van der Waals surface area (Å²) < 4.78 is 7.27. The number of nitrogens with zero attached hydrogens (tertiary/aromatic N) is 4. The number of hydrogen-bond acceptors (Lipinski definition) is 4. The van der Waals surface area contributed by atoms with Crippen molar-refractivity contribution in [1.82, 2.24) is 20.2 Å². The number of ether oxygens (including phenoxy) is 1. The molecule has 2 heterocycles. The number of nitrogens with one attached hydrogen (secondary N) is 1. The second kappa shape index (κ2) is 7.72. The summed E-state index contributed by atoms with van der Waals surface area (Å²) >= 11 is 12.7. The third-order valence-electron chi connectivity index (χ3n) is 4.56.